The minimum absolute atomic E-state index is 0.0172. The number of methoxy groups -OCH3 is 1. The summed E-state index contributed by atoms with van der Waals surface area (Å²) < 4.78 is 23.6. The first kappa shape index (κ1) is 16.9. The number of carbonyl (C=O) groups is 2. The number of anilines is 1. The van der Waals surface area contributed by atoms with Gasteiger partial charge in [0.1, 0.15) is 17.2 Å². The lowest BCUT2D eigenvalue weighted by Crippen LogP contribution is -2.24. The molecule has 6 heteroatoms. The van der Waals surface area contributed by atoms with Crippen molar-refractivity contribution >= 4 is 17.6 Å². The molecule has 0 radical (unpaired) electrons. The van der Waals surface area contributed by atoms with Gasteiger partial charge in [0.05, 0.1) is 19.2 Å². The summed E-state index contributed by atoms with van der Waals surface area (Å²) in [5.41, 5.74) is -0.574. The van der Waals surface area contributed by atoms with E-state index in [1.807, 2.05) is 0 Å². The second kappa shape index (κ2) is 7.06. The number of nitrogens with one attached hydrogen (secondary N) is 1. The van der Waals surface area contributed by atoms with Gasteiger partial charge in [-0.15, -0.1) is 0 Å². The van der Waals surface area contributed by atoms with Crippen LogP contribution in [0.15, 0.2) is 18.2 Å². The summed E-state index contributed by atoms with van der Waals surface area (Å²) in [5, 5.41) is 2.40. The molecule has 0 saturated heterocycles. The van der Waals surface area contributed by atoms with Crippen molar-refractivity contribution in [2.45, 2.75) is 39.2 Å². The number of carbonyl (C=O) groups excluding carboxylic acids is 2. The molecule has 0 aliphatic carbocycles. The maximum Gasteiger partial charge on any atom is 0.306 e. The lowest BCUT2D eigenvalue weighted by atomic mass is 10.2. The van der Waals surface area contributed by atoms with Crippen LogP contribution in [0.1, 0.15) is 33.6 Å². The Morgan fingerprint density at radius 1 is 1.24 bits per heavy atom. The molecule has 0 bridgehead atoms. The van der Waals surface area contributed by atoms with E-state index in [1.165, 1.54) is 25.3 Å². The molecule has 1 rings (SSSR count). The number of hydrogen-bond donors (Lipinski definition) is 1. The number of benzene rings is 1. The first-order valence-corrected chi connectivity index (χ1v) is 6.56. The SMILES string of the molecule is COc1ccc(F)c(NC(=O)CCC(=O)OC(C)(C)C)c1. The average Bonchev–Trinajstić information content (AvgIpc) is 2.37. The number of halogens is 1. The third-order valence-corrected chi connectivity index (χ3v) is 2.42. The van der Waals surface area contributed by atoms with Gasteiger partial charge in [0.2, 0.25) is 5.91 Å². The summed E-state index contributed by atoms with van der Waals surface area (Å²) in [4.78, 5) is 23.2. The van der Waals surface area contributed by atoms with Crippen molar-refractivity contribution in [1.29, 1.82) is 0 Å². The fourth-order valence-electron chi connectivity index (χ4n) is 1.55. The molecule has 1 aromatic carbocycles. The summed E-state index contributed by atoms with van der Waals surface area (Å²) in [6, 6.07) is 4.02. The van der Waals surface area contributed by atoms with Gasteiger partial charge < -0.3 is 14.8 Å². The molecule has 0 saturated carbocycles. The zero-order valence-electron chi connectivity index (χ0n) is 12.7. The number of ether oxygens (including phenoxy) is 2. The monoisotopic (exact) mass is 297 g/mol. The minimum atomic E-state index is -0.591. The molecule has 0 unspecified atom stereocenters. The van der Waals surface area contributed by atoms with E-state index in [0.717, 1.165) is 0 Å². The Morgan fingerprint density at radius 3 is 2.48 bits per heavy atom. The van der Waals surface area contributed by atoms with E-state index < -0.39 is 23.3 Å². The standard InChI is InChI=1S/C15H20FNO4/c1-15(2,3)21-14(19)8-7-13(18)17-12-9-10(20-4)5-6-11(12)16/h5-6,9H,7-8H2,1-4H3,(H,17,18). The Hall–Kier alpha value is -2.11. The highest BCUT2D eigenvalue weighted by Gasteiger charge is 2.17. The molecular formula is C15H20FNO4. The van der Waals surface area contributed by atoms with Gasteiger partial charge >= 0.3 is 5.97 Å². The van der Waals surface area contributed by atoms with Gasteiger partial charge in [0.15, 0.2) is 0 Å². The first-order valence-electron chi connectivity index (χ1n) is 6.56. The lowest BCUT2D eigenvalue weighted by molar-refractivity contribution is -0.155. The molecule has 0 spiro atoms. The maximum absolute atomic E-state index is 13.5. The zero-order valence-corrected chi connectivity index (χ0v) is 12.7. The molecule has 0 aromatic heterocycles. The molecule has 0 heterocycles. The molecule has 0 fully saturated rings. The van der Waals surface area contributed by atoms with Gasteiger partial charge in [-0.3, -0.25) is 9.59 Å². The van der Waals surface area contributed by atoms with Crippen LogP contribution >= 0.6 is 0 Å². The van der Waals surface area contributed by atoms with Gasteiger partial charge in [-0.2, -0.15) is 0 Å². The van der Waals surface area contributed by atoms with Crippen LogP contribution in [0.5, 0.6) is 5.75 Å². The highest BCUT2D eigenvalue weighted by molar-refractivity contribution is 5.92. The Bertz CT molecular complexity index is 523. The molecule has 0 aliphatic heterocycles. The molecule has 1 aromatic rings. The van der Waals surface area contributed by atoms with Crippen molar-refractivity contribution < 1.29 is 23.5 Å². The third kappa shape index (κ3) is 6.25. The Labute approximate surface area is 123 Å². The molecule has 0 aliphatic rings. The first-order chi connectivity index (χ1) is 9.71. The van der Waals surface area contributed by atoms with Crippen LogP contribution in [0.25, 0.3) is 0 Å². The number of rotatable bonds is 5. The second-order valence-electron chi connectivity index (χ2n) is 5.48. The predicted octanol–water partition coefficient (Wildman–Crippen LogP) is 2.89. The molecule has 5 nitrogen and oxygen atoms in total. The van der Waals surface area contributed by atoms with Crippen LogP contribution in [0.4, 0.5) is 10.1 Å². The molecule has 116 valence electrons. The summed E-state index contributed by atoms with van der Waals surface area (Å²) in [5.74, 6) is -1.07. The Morgan fingerprint density at radius 2 is 1.90 bits per heavy atom. The molecule has 0 atom stereocenters. The largest absolute Gasteiger partial charge is 0.497 e. The van der Waals surface area contributed by atoms with E-state index in [1.54, 1.807) is 20.8 Å². The van der Waals surface area contributed by atoms with Crippen molar-refractivity contribution in [1.82, 2.24) is 0 Å². The zero-order chi connectivity index (χ0) is 16.0. The highest BCUT2D eigenvalue weighted by Crippen LogP contribution is 2.21. The molecular weight excluding hydrogens is 277 g/mol. The normalized spacial score (nSPS) is 10.9. The van der Waals surface area contributed by atoms with E-state index in [-0.39, 0.29) is 18.5 Å². The summed E-state index contributed by atoms with van der Waals surface area (Å²) in [7, 11) is 1.45. The van der Waals surface area contributed by atoms with Crippen molar-refractivity contribution in [3.8, 4) is 5.75 Å². The average molecular weight is 297 g/mol. The van der Waals surface area contributed by atoms with Crippen LogP contribution in [0.3, 0.4) is 0 Å². The van der Waals surface area contributed by atoms with Crippen molar-refractivity contribution in [3.63, 3.8) is 0 Å². The van der Waals surface area contributed by atoms with Crippen LogP contribution in [-0.4, -0.2) is 24.6 Å². The number of esters is 1. The summed E-state index contributed by atoms with van der Waals surface area (Å²) in [6.07, 6.45) is -0.139. The van der Waals surface area contributed by atoms with Gasteiger partial charge in [-0.25, -0.2) is 4.39 Å². The maximum atomic E-state index is 13.5. The molecule has 1 N–H and O–H groups in total. The quantitative estimate of drug-likeness (QED) is 0.849. The lowest BCUT2D eigenvalue weighted by Gasteiger charge is -2.19. The van der Waals surface area contributed by atoms with E-state index in [2.05, 4.69) is 5.32 Å². The van der Waals surface area contributed by atoms with Crippen LogP contribution < -0.4 is 10.1 Å². The van der Waals surface area contributed by atoms with E-state index in [9.17, 15) is 14.0 Å². The topological polar surface area (TPSA) is 64.6 Å². The molecule has 1 amide bonds. The van der Waals surface area contributed by atoms with Crippen molar-refractivity contribution in [2.75, 3.05) is 12.4 Å². The van der Waals surface area contributed by atoms with E-state index in [4.69, 9.17) is 9.47 Å². The fourth-order valence-corrected chi connectivity index (χ4v) is 1.55. The molecule has 21 heavy (non-hydrogen) atoms. The smallest absolute Gasteiger partial charge is 0.306 e. The third-order valence-electron chi connectivity index (χ3n) is 2.42. The van der Waals surface area contributed by atoms with Crippen LogP contribution in [0.2, 0.25) is 0 Å². The van der Waals surface area contributed by atoms with Gasteiger partial charge in [0.25, 0.3) is 0 Å². The van der Waals surface area contributed by atoms with Crippen molar-refractivity contribution in [2.24, 2.45) is 0 Å². The van der Waals surface area contributed by atoms with Crippen molar-refractivity contribution in [3.05, 3.63) is 24.0 Å². The van der Waals surface area contributed by atoms with Gasteiger partial charge in [0, 0.05) is 12.5 Å². The van der Waals surface area contributed by atoms with Crippen LogP contribution in [-0.2, 0) is 14.3 Å². The van der Waals surface area contributed by atoms with Gasteiger partial charge in [-0.1, -0.05) is 0 Å². The Kier molecular flexibility index (Phi) is 5.69. The van der Waals surface area contributed by atoms with Gasteiger partial charge in [-0.05, 0) is 32.9 Å². The minimum Gasteiger partial charge on any atom is -0.497 e. The fraction of sp³-hybridized carbons (Fsp3) is 0.467. The highest BCUT2D eigenvalue weighted by atomic mass is 19.1. The van der Waals surface area contributed by atoms with E-state index in [0.29, 0.717) is 5.75 Å². The summed E-state index contributed by atoms with van der Waals surface area (Å²) >= 11 is 0. The summed E-state index contributed by atoms with van der Waals surface area (Å²) in [6.45, 7) is 5.24. The predicted molar refractivity (Wildman–Crippen MR) is 76.7 cm³/mol. The number of hydrogen-bond acceptors (Lipinski definition) is 4. The van der Waals surface area contributed by atoms with E-state index >= 15 is 0 Å². The second-order valence-corrected chi connectivity index (χ2v) is 5.48. The van der Waals surface area contributed by atoms with Crippen LogP contribution in [0, 0.1) is 5.82 Å². The number of amides is 1. The Balaban J connectivity index is 2.53.